The summed E-state index contributed by atoms with van der Waals surface area (Å²) < 4.78 is 16.6. The van der Waals surface area contributed by atoms with Gasteiger partial charge in [-0.2, -0.15) is 0 Å². The topological polar surface area (TPSA) is 43.6 Å². The Balaban J connectivity index is 1.72. The van der Waals surface area contributed by atoms with E-state index in [-0.39, 0.29) is 6.10 Å². The van der Waals surface area contributed by atoms with Gasteiger partial charge >= 0.3 is 0 Å². The van der Waals surface area contributed by atoms with Gasteiger partial charge in [0.25, 0.3) is 0 Å². The normalized spacial score (nSPS) is 19.9. The third kappa shape index (κ3) is 3.84. The zero-order valence-electron chi connectivity index (χ0n) is 10.4. The van der Waals surface area contributed by atoms with Crippen LogP contribution >= 0.6 is 0 Å². The summed E-state index contributed by atoms with van der Waals surface area (Å²) in [6, 6.07) is 1.99. The smallest absolute Gasteiger partial charge is 0.133 e. The number of hydrogen-bond acceptors (Lipinski definition) is 4. The van der Waals surface area contributed by atoms with E-state index >= 15 is 0 Å². The van der Waals surface area contributed by atoms with Crippen LogP contribution in [0.4, 0.5) is 0 Å². The van der Waals surface area contributed by atoms with Crippen molar-refractivity contribution in [1.82, 2.24) is 5.32 Å². The van der Waals surface area contributed by atoms with Gasteiger partial charge in [-0.05, 0) is 25.5 Å². The van der Waals surface area contributed by atoms with Gasteiger partial charge in [0.1, 0.15) is 12.4 Å². The number of rotatable bonds is 7. The molecule has 1 unspecified atom stereocenters. The molecule has 0 radical (unpaired) electrons. The zero-order chi connectivity index (χ0) is 11.9. The van der Waals surface area contributed by atoms with Crippen LogP contribution in [0.3, 0.4) is 0 Å². The Morgan fingerprint density at radius 1 is 1.53 bits per heavy atom. The summed E-state index contributed by atoms with van der Waals surface area (Å²) in [6.45, 7) is 5.97. The van der Waals surface area contributed by atoms with E-state index in [1.165, 1.54) is 5.56 Å². The molecular formula is C13H21NO3. The van der Waals surface area contributed by atoms with Gasteiger partial charge in [-0.1, -0.05) is 6.92 Å². The van der Waals surface area contributed by atoms with Gasteiger partial charge in [0.2, 0.25) is 0 Å². The molecule has 0 bridgehead atoms. The first-order chi connectivity index (χ1) is 8.40. The molecule has 0 spiro atoms. The summed E-state index contributed by atoms with van der Waals surface area (Å²) in [5.41, 5.74) is 1.18. The van der Waals surface area contributed by atoms with E-state index in [2.05, 4.69) is 12.2 Å². The molecule has 1 aromatic heterocycles. The molecule has 0 aromatic carbocycles. The van der Waals surface area contributed by atoms with Crippen LogP contribution in [0, 0.1) is 0 Å². The Hall–Kier alpha value is -0.840. The first kappa shape index (κ1) is 12.6. The van der Waals surface area contributed by atoms with Crippen LogP contribution in [0.1, 0.15) is 31.1 Å². The van der Waals surface area contributed by atoms with Crippen LogP contribution in [0.15, 0.2) is 16.7 Å². The van der Waals surface area contributed by atoms with Gasteiger partial charge in [0, 0.05) is 18.7 Å². The summed E-state index contributed by atoms with van der Waals surface area (Å²) in [6.07, 6.45) is 4.27. The lowest BCUT2D eigenvalue weighted by Crippen LogP contribution is -2.15. The highest BCUT2D eigenvalue weighted by Crippen LogP contribution is 2.15. The Bertz CT molecular complexity index is 318. The number of furan rings is 1. The maximum atomic E-state index is 5.64. The second kappa shape index (κ2) is 6.79. The molecule has 1 aliphatic heterocycles. The standard InChI is InChI=1S/C13H21NO3/c1-2-14-8-11-5-7-17-13(11)10-15-9-12-4-3-6-16-12/h5,7,12,14H,2-4,6,8-10H2,1H3. The highest BCUT2D eigenvalue weighted by molar-refractivity contribution is 5.16. The average Bonchev–Trinajstić information content (AvgIpc) is 2.98. The zero-order valence-corrected chi connectivity index (χ0v) is 10.4. The summed E-state index contributed by atoms with van der Waals surface area (Å²) in [7, 11) is 0. The number of hydrogen-bond donors (Lipinski definition) is 1. The minimum absolute atomic E-state index is 0.280. The Labute approximate surface area is 102 Å². The molecule has 1 N–H and O–H groups in total. The highest BCUT2D eigenvalue weighted by Gasteiger charge is 2.16. The molecule has 0 saturated carbocycles. The molecule has 96 valence electrons. The van der Waals surface area contributed by atoms with Crippen molar-refractivity contribution < 1.29 is 13.9 Å². The summed E-state index contributed by atoms with van der Waals surface area (Å²) in [5.74, 6) is 0.920. The van der Waals surface area contributed by atoms with E-state index in [1.807, 2.05) is 6.07 Å². The van der Waals surface area contributed by atoms with Crippen LogP contribution in [0.5, 0.6) is 0 Å². The predicted molar refractivity (Wildman–Crippen MR) is 64.7 cm³/mol. The van der Waals surface area contributed by atoms with Crippen LogP contribution < -0.4 is 5.32 Å². The fraction of sp³-hybridized carbons (Fsp3) is 0.692. The molecular weight excluding hydrogens is 218 g/mol. The van der Waals surface area contributed by atoms with Gasteiger partial charge in [-0.15, -0.1) is 0 Å². The SMILES string of the molecule is CCNCc1ccoc1COCC1CCCO1. The first-order valence-corrected chi connectivity index (χ1v) is 6.35. The maximum Gasteiger partial charge on any atom is 0.133 e. The Morgan fingerprint density at radius 2 is 2.47 bits per heavy atom. The van der Waals surface area contributed by atoms with Crippen molar-refractivity contribution in [2.45, 2.75) is 39.0 Å². The van der Waals surface area contributed by atoms with Gasteiger partial charge in [-0.25, -0.2) is 0 Å². The second-order valence-electron chi connectivity index (χ2n) is 4.30. The van der Waals surface area contributed by atoms with E-state index in [0.29, 0.717) is 13.2 Å². The molecule has 2 heterocycles. The summed E-state index contributed by atoms with van der Waals surface area (Å²) in [4.78, 5) is 0. The van der Waals surface area contributed by atoms with Gasteiger partial charge in [0.05, 0.1) is 19.0 Å². The largest absolute Gasteiger partial charge is 0.467 e. The summed E-state index contributed by atoms with van der Waals surface area (Å²) >= 11 is 0. The van der Waals surface area contributed by atoms with Crippen molar-refractivity contribution in [3.05, 3.63) is 23.7 Å². The lowest BCUT2D eigenvalue weighted by atomic mass is 10.2. The average molecular weight is 239 g/mol. The minimum Gasteiger partial charge on any atom is -0.467 e. The molecule has 1 aromatic rings. The lowest BCUT2D eigenvalue weighted by Gasteiger charge is -2.09. The van der Waals surface area contributed by atoms with Gasteiger partial charge in [-0.3, -0.25) is 0 Å². The molecule has 0 amide bonds. The highest BCUT2D eigenvalue weighted by atomic mass is 16.5. The molecule has 1 aliphatic rings. The van der Waals surface area contributed by atoms with Crippen molar-refractivity contribution in [3.8, 4) is 0 Å². The van der Waals surface area contributed by atoms with E-state index in [4.69, 9.17) is 13.9 Å². The van der Waals surface area contributed by atoms with Crippen LogP contribution in [0.2, 0.25) is 0 Å². The quantitative estimate of drug-likeness (QED) is 0.791. The molecule has 4 nitrogen and oxygen atoms in total. The predicted octanol–water partition coefficient (Wildman–Crippen LogP) is 2.08. The monoisotopic (exact) mass is 239 g/mol. The molecule has 17 heavy (non-hydrogen) atoms. The van der Waals surface area contributed by atoms with Crippen LogP contribution in [-0.2, 0) is 22.6 Å². The molecule has 2 rings (SSSR count). The molecule has 4 heteroatoms. The van der Waals surface area contributed by atoms with E-state index in [0.717, 1.165) is 38.3 Å². The van der Waals surface area contributed by atoms with Crippen LogP contribution in [0.25, 0.3) is 0 Å². The van der Waals surface area contributed by atoms with Gasteiger partial charge in [0.15, 0.2) is 0 Å². The van der Waals surface area contributed by atoms with Crippen LogP contribution in [-0.4, -0.2) is 25.9 Å². The lowest BCUT2D eigenvalue weighted by molar-refractivity contribution is 0.00553. The molecule has 0 aliphatic carbocycles. The van der Waals surface area contributed by atoms with Crippen molar-refractivity contribution in [3.63, 3.8) is 0 Å². The molecule has 1 saturated heterocycles. The third-order valence-corrected chi connectivity index (χ3v) is 2.96. The van der Waals surface area contributed by atoms with Crippen molar-refractivity contribution in [1.29, 1.82) is 0 Å². The number of nitrogens with one attached hydrogen (secondary N) is 1. The fourth-order valence-corrected chi connectivity index (χ4v) is 1.97. The molecule has 1 atom stereocenters. The first-order valence-electron chi connectivity index (χ1n) is 6.35. The van der Waals surface area contributed by atoms with E-state index in [1.54, 1.807) is 6.26 Å². The van der Waals surface area contributed by atoms with E-state index < -0.39 is 0 Å². The summed E-state index contributed by atoms with van der Waals surface area (Å²) in [5, 5.41) is 3.28. The Kier molecular flexibility index (Phi) is 5.04. The minimum atomic E-state index is 0.280. The second-order valence-corrected chi connectivity index (χ2v) is 4.30. The van der Waals surface area contributed by atoms with E-state index in [9.17, 15) is 0 Å². The maximum absolute atomic E-state index is 5.64. The van der Waals surface area contributed by atoms with Crippen molar-refractivity contribution in [2.24, 2.45) is 0 Å². The number of ether oxygens (including phenoxy) is 2. The fourth-order valence-electron chi connectivity index (χ4n) is 1.97. The van der Waals surface area contributed by atoms with Crippen molar-refractivity contribution in [2.75, 3.05) is 19.8 Å². The van der Waals surface area contributed by atoms with Crippen molar-refractivity contribution >= 4 is 0 Å². The van der Waals surface area contributed by atoms with Gasteiger partial charge < -0.3 is 19.2 Å². The Morgan fingerprint density at radius 3 is 3.24 bits per heavy atom. The third-order valence-electron chi connectivity index (χ3n) is 2.96. The molecule has 1 fully saturated rings.